The molecule has 0 aromatic heterocycles. The summed E-state index contributed by atoms with van der Waals surface area (Å²) in [4.78, 5) is 24.6. The highest BCUT2D eigenvalue weighted by atomic mass is 16.6. The summed E-state index contributed by atoms with van der Waals surface area (Å²) in [6, 6.07) is 5.79. The third kappa shape index (κ3) is 4.94. The topological polar surface area (TPSA) is 108 Å². The van der Waals surface area contributed by atoms with Crippen LogP contribution in [-0.4, -0.2) is 35.9 Å². The first-order valence-electron chi connectivity index (χ1n) is 8.05. The number of hydrogen-bond donors (Lipinski definition) is 1. The van der Waals surface area contributed by atoms with E-state index in [2.05, 4.69) is 5.32 Å². The molecule has 0 unspecified atom stereocenters. The van der Waals surface area contributed by atoms with E-state index in [9.17, 15) is 20.2 Å². The number of non-ortho nitro benzene ring substituents is 1. The number of amides is 1. The second kappa shape index (κ2) is 8.68. The zero-order valence-electron chi connectivity index (χ0n) is 14.0. The van der Waals surface area contributed by atoms with Crippen molar-refractivity contribution < 1.29 is 14.5 Å². The molecule has 1 N–H and O–H groups in total. The first-order chi connectivity index (χ1) is 12.0. The van der Waals surface area contributed by atoms with Gasteiger partial charge in [0, 0.05) is 25.4 Å². The smallest absolute Gasteiger partial charge is 0.273 e. The molecule has 132 valence electrons. The quantitative estimate of drug-likeness (QED) is 0.381. The van der Waals surface area contributed by atoms with Gasteiger partial charge in [0.05, 0.1) is 23.8 Å². The van der Waals surface area contributed by atoms with E-state index >= 15 is 0 Å². The molecule has 1 aromatic rings. The number of carbonyl (C=O) groups excluding carboxylic acids is 1. The van der Waals surface area contributed by atoms with Crippen LogP contribution >= 0.6 is 0 Å². The molecular weight excluding hydrogens is 324 g/mol. The van der Waals surface area contributed by atoms with Crippen molar-refractivity contribution in [3.63, 3.8) is 0 Å². The van der Waals surface area contributed by atoms with Gasteiger partial charge >= 0.3 is 0 Å². The van der Waals surface area contributed by atoms with E-state index in [0.29, 0.717) is 0 Å². The van der Waals surface area contributed by atoms with E-state index in [1.54, 1.807) is 6.20 Å². The number of ether oxygens (including phenoxy) is 1. The van der Waals surface area contributed by atoms with Gasteiger partial charge in [-0.3, -0.25) is 14.9 Å². The Bertz CT molecular complexity index is 716. The summed E-state index contributed by atoms with van der Waals surface area (Å²) < 4.78 is 5.08. The summed E-state index contributed by atoms with van der Waals surface area (Å²) in [5.74, 6) is -0.409. The minimum atomic E-state index is -0.570. The fourth-order valence-electron chi connectivity index (χ4n) is 2.63. The maximum Gasteiger partial charge on any atom is 0.273 e. The highest BCUT2D eigenvalue weighted by Crippen LogP contribution is 2.29. The molecule has 1 saturated heterocycles. The molecule has 1 fully saturated rings. The van der Waals surface area contributed by atoms with E-state index in [1.807, 2.05) is 11.0 Å². The molecule has 1 aliphatic rings. The van der Waals surface area contributed by atoms with Gasteiger partial charge in [-0.05, 0) is 18.9 Å². The molecule has 8 nitrogen and oxygen atoms in total. The Kier molecular flexibility index (Phi) is 6.34. The third-order valence-corrected chi connectivity index (χ3v) is 3.96. The van der Waals surface area contributed by atoms with Crippen LogP contribution in [0.15, 0.2) is 30.0 Å². The molecule has 0 aliphatic carbocycles. The number of nitrogens with one attached hydrogen (secondary N) is 1. The van der Waals surface area contributed by atoms with Gasteiger partial charge in [-0.15, -0.1) is 0 Å². The SMILES string of the molecule is COc1cc([N+](=O)[O-])ccc1NC(=O)/C(C#N)=C\N1CCCCCC1. The summed E-state index contributed by atoms with van der Waals surface area (Å²) in [7, 11) is 1.35. The number of rotatable bonds is 5. The van der Waals surface area contributed by atoms with Crippen LogP contribution < -0.4 is 10.1 Å². The van der Waals surface area contributed by atoms with Crippen molar-refractivity contribution in [2.45, 2.75) is 25.7 Å². The molecule has 0 atom stereocenters. The summed E-state index contributed by atoms with van der Waals surface area (Å²) in [6.45, 7) is 1.64. The van der Waals surface area contributed by atoms with Crippen molar-refractivity contribution in [3.05, 3.63) is 40.1 Å². The van der Waals surface area contributed by atoms with Crippen molar-refractivity contribution in [2.75, 3.05) is 25.5 Å². The van der Waals surface area contributed by atoms with Crippen LogP contribution in [0.4, 0.5) is 11.4 Å². The van der Waals surface area contributed by atoms with Crippen LogP contribution in [-0.2, 0) is 4.79 Å². The molecule has 0 spiro atoms. The normalized spacial score (nSPS) is 15.0. The fraction of sp³-hybridized carbons (Fsp3) is 0.412. The molecule has 1 amide bonds. The Hall–Kier alpha value is -3.08. The van der Waals surface area contributed by atoms with Gasteiger partial charge in [0.2, 0.25) is 0 Å². The van der Waals surface area contributed by atoms with Crippen LogP contribution in [0, 0.1) is 21.4 Å². The van der Waals surface area contributed by atoms with Crippen LogP contribution in [0.3, 0.4) is 0 Å². The molecule has 0 saturated carbocycles. The lowest BCUT2D eigenvalue weighted by molar-refractivity contribution is -0.384. The average molecular weight is 344 g/mol. The van der Waals surface area contributed by atoms with E-state index in [1.165, 1.54) is 25.3 Å². The van der Waals surface area contributed by atoms with Crippen molar-refractivity contribution in [1.29, 1.82) is 5.26 Å². The Morgan fingerprint density at radius 3 is 2.60 bits per heavy atom. The number of methoxy groups -OCH3 is 1. The van der Waals surface area contributed by atoms with Crippen LogP contribution in [0.25, 0.3) is 0 Å². The molecule has 1 aliphatic heterocycles. The summed E-state index contributed by atoms with van der Waals surface area (Å²) >= 11 is 0. The van der Waals surface area contributed by atoms with E-state index in [0.717, 1.165) is 38.8 Å². The van der Waals surface area contributed by atoms with Crippen molar-refractivity contribution in [2.24, 2.45) is 0 Å². The highest BCUT2D eigenvalue weighted by Gasteiger charge is 2.17. The first-order valence-corrected chi connectivity index (χ1v) is 8.05. The molecule has 1 heterocycles. The molecular formula is C17H20N4O4. The van der Waals surface area contributed by atoms with E-state index in [-0.39, 0.29) is 22.7 Å². The second-order valence-electron chi connectivity index (χ2n) is 5.70. The standard InChI is InChI=1S/C17H20N4O4/c1-25-16-10-14(21(23)24)6-7-15(16)19-17(22)13(11-18)12-20-8-4-2-3-5-9-20/h6-7,10,12H,2-5,8-9H2,1H3,(H,19,22)/b13-12-. The van der Waals surface area contributed by atoms with E-state index in [4.69, 9.17) is 4.74 Å². The van der Waals surface area contributed by atoms with Gasteiger partial charge in [0.15, 0.2) is 0 Å². The number of anilines is 1. The zero-order chi connectivity index (χ0) is 18.2. The van der Waals surface area contributed by atoms with Gasteiger partial charge in [0.25, 0.3) is 11.6 Å². The van der Waals surface area contributed by atoms with Gasteiger partial charge in [0.1, 0.15) is 17.4 Å². The molecule has 25 heavy (non-hydrogen) atoms. The molecule has 0 bridgehead atoms. The maximum absolute atomic E-state index is 12.4. The number of likely N-dealkylation sites (tertiary alicyclic amines) is 1. The number of nitrogens with zero attached hydrogens (tertiary/aromatic N) is 3. The first kappa shape index (κ1) is 18.3. The van der Waals surface area contributed by atoms with Crippen LogP contribution in [0.1, 0.15) is 25.7 Å². The fourth-order valence-corrected chi connectivity index (χ4v) is 2.63. The Morgan fingerprint density at radius 1 is 1.36 bits per heavy atom. The summed E-state index contributed by atoms with van der Waals surface area (Å²) in [6.07, 6.45) is 5.95. The third-order valence-electron chi connectivity index (χ3n) is 3.96. The predicted molar refractivity (Wildman–Crippen MR) is 92.0 cm³/mol. The van der Waals surface area contributed by atoms with Gasteiger partial charge in [-0.25, -0.2) is 0 Å². The number of hydrogen-bond acceptors (Lipinski definition) is 6. The lowest BCUT2D eigenvalue weighted by atomic mass is 10.2. The van der Waals surface area contributed by atoms with Crippen molar-refractivity contribution >= 4 is 17.3 Å². The summed E-state index contributed by atoms with van der Waals surface area (Å²) in [5, 5.41) is 22.7. The van der Waals surface area contributed by atoms with Crippen LogP contribution in [0.5, 0.6) is 5.75 Å². The zero-order valence-corrected chi connectivity index (χ0v) is 14.0. The second-order valence-corrected chi connectivity index (χ2v) is 5.70. The number of carbonyl (C=O) groups is 1. The van der Waals surface area contributed by atoms with Crippen molar-refractivity contribution in [1.82, 2.24) is 4.90 Å². The monoisotopic (exact) mass is 344 g/mol. The van der Waals surface area contributed by atoms with Gasteiger partial charge in [-0.1, -0.05) is 12.8 Å². The number of nitro benzene ring substituents is 1. The molecule has 2 rings (SSSR count). The average Bonchev–Trinajstić information content (AvgIpc) is 2.88. The Morgan fingerprint density at radius 2 is 2.04 bits per heavy atom. The van der Waals surface area contributed by atoms with E-state index < -0.39 is 10.8 Å². The Labute approximate surface area is 145 Å². The highest BCUT2D eigenvalue weighted by molar-refractivity contribution is 6.07. The predicted octanol–water partition coefficient (Wildman–Crippen LogP) is 2.83. The minimum absolute atomic E-state index is 0.0118. The largest absolute Gasteiger partial charge is 0.494 e. The van der Waals surface area contributed by atoms with Gasteiger partial charge < -0.3 is 15.0 Å². The summed E-state index contributed by atoms with van der Waals surface area (Å²) in [5.41, 5.74) is 0.118. The number of nitriles is 1. The molecule has 8 heteroatoms. The molecule has 1 aromatic carbocycles. The van der Waals surface area contributed by atoms with Crippen LogP contribution in [0.2, 0.25) is 0 Å². The number of nitro groups is 1. The number of benzene rings is 1. The molecule has 0 radical (unpaired) electrons. The maximum atomic E-state index is 12.4. The van der Waals surface area contributed by atoms with Gasteiger partial charge in [-0.2, -0.15) is 5.26 Å². The lowest BCUT2D eigenvalue weighted by Gasteiger charge is -2.18. The Balaban J connectivity index is 2.16. The minimum Gasteiger partial charge on any atom is -0.494 e. The van der Waals surface area contributed by atoms with Crippen molar-refractivity contribution in [3.8, 4) is 11.8 Å². The lowest BCUT2D eigenvalue weighted by Crippen LogP contribution is -2.22.